The highest BCUT2D eigenvalue weighted by molar-refractivity contribution is 9.10. The van der Waals surface area contributed by atoms with E-state index in [9.17, 15) is 9.18 Å². The minimum atomic E-state index is -0.338. The minimum Gasteiger partial charge on any atom is -0.289 e. The second kappa shape index (κ2) is 6.99. The maximum atomic E-state index is 12.9. The number of hydrogen-bond acceptors (Lipinski definition) is 1. The quantitative estimate of drug-likeness (QED) is 0.660. The summed E-state index contributed by atoms with van der Waals surface area (Å²) in [5.41, 5.74) is 2.31. The van der Waals surface area contributed by atoms with Gasteiger partial charge in [-0.25, -0.2) is 4.39 Å². The van der Waals surface area contributed by atoms with Crippen LogP contribution in [-0.2, 0) is 6.42 Å². The molecular weight excluding hydrogens is 331 g/mol. The molecule has 0 heterocycles. The standard InChI is InChI=1S/C18H18BrFO/c1-12(2)3-4-13-5-10-16(17(19)11-13)18(21)14-6-8-15(20)9-7-14/h5-12H,3-4H2,1-2H3. The van der Waals surface area contributed by atoms with Gasteiger partial charge < -0.3 is 0 Å². The van der Waals surface area contributed by atoms with Gasteiger partial charge in [-0.05, 0) is 60.7 Å². The third-order valence-corrected chi connectivity index (χ3v) is 4.05. The molecule has 0 saturated carbocycles. The van der Waals surface area contributed by atoms with Crippen LogP contribution >= 0.6 is 15.9 Å². The van der Waals surface area contributed by atoms with Crippen molar-refractivity contribution < 1.29 is 9.18 Å². The van der Waals surface area contributed by atoms with Crippen LogP contribution in [0.4, 0.5) is 4.39 Å². The fourth-order valence-electron chi connectivity index (χ4n) is 2.11. The molecule has 0 unspecified atom stereocenters. The van der Waals surface area contributed by atoms with Crippen LogP contribution in [0.1, 0.15) is 41.8 Å². The number of ketones is 1. The summed E-state index contributed by atoms with van der Waals surface area (Å²) in [5.74, 6) is 0.219. The van der Waals surface area contributed by atoms with E-state index < -0.39 is 0 Å². The number of halogens is 2. The number of carbonyl (C=O) groups excluding carboxylic acids is 1. The molecule has 0 bridgehead atoms. The highest BCUT2D eigenvalue weighted by Crippen LogP contribution is 2.23. The van der Waals surface area contributed by atoms with Crippen LogP contribution < -0.4 is 0 Å². The first-order chi connectivity index (χ1) is 9.97. The Kier molecular flexibility index (Phi) is 5.29. The molecule has 0 aromatic heterocycles. The lowest BCUT2D eigenvalue weighted by Gasteiger charge is -2.08. The van der Waals surface area contributed by atoms with Crippen molar-refractivity contribution in [1.82, 2.24) is 0 Å². The van der Waals surface area contributed by atoms with Crippen molar-refractivity contribution >= 4 is 21.7 Å². The zero-order valence-corrected chi connectivity index (χ0v) is 13.8. The van der Waals surface area contributed by atoms with Gasteiger partial charge in [0.05, 0.1) is 0 Å². The van der Waals surface area contributed by atoms with Gasteiger partial charge in [0, 0.05) is 15.6 Å². The van der Waals surface area contributed by atoms with Crippen LogP contribution in [0.15, 0.2) is 46.9 Å². The first kappa shape index (κ1) is 15.9. The normalized spacial score (nSPS) is 10.9. The first-order valence-electron chi connectivity index (χ1n) is 7.06. The number of benzene rings is 2. The molecule has 1 nitrogen and oxygen atoms in total. The molecule has 2 aromatic carbocycles. The van der Waals surface area contributed by atoms with E-state index in [1.54, 1.807) is 0 Å². The molecule has 0 aliphatic carbocycles. The van der Waals surface area contributed by atoms with Crippen LogP contribution in [-0.4, -0.2) is 5.78 Å². The van der Waals surface area contributed by atoms with E-state index in [0.29, 0.717) is 17.0 Å². The molecule has 0 saturated heterocycles. The van der Waals surface area contributed by atoms with Gasteiger partial charge in [0.15, 0.2) is 5.78 Å². The van der Waals surface area contributed by atoms with Gasteiger partial charge in [0.25, 0.3) is 0 Å². The van der Waals surface area contributed by atoms with E-state index in [2.05, 4.69) is 29.8 Å². The van der Waals surface area contributed by atoms with Crippen molar-refractivity contribution in [2.75, 3.05) is 0 Å². The van der Waals surface area contributed by atoms with E-state index in [1.165, 1.54) is 29.8 Å². The van der Waals surface area contributed by atoms with Crippen molar-refractivity contribution in [2.45, 2.75) is 26.7 Å². The van der Waals surface area contributed by atoms with Crippen LogP contribution in [0.5, 0.6) is 0 Å². The summed E-state index contributed by atoms with van der Waals surface area (Å²) in [5, 5.41) is 0. The Balaban J connectivity index is 2.20. The molecule has 3 heteroatoms. The number of rotatable bonds is 5. The number of carbonyl (C=O) groups is 1. The Morgan fingerprint density at radius 2 is 1.81 bits per heavy atom. The zero-order chi connectivity index (χ0) is 15.4. The van der Waals surface area contributed by atoms with Crippen molar-refractivity contribution in [1.29, 1.82) is 0 Å². The maximum absolute atomic E-state index is 12.9. The lowest BCUT2D eigenvalue weighted by molar-refractivity contribution is 0.103. The average Bonchev–Trinajstić information content (AvgIpc) is 2.45. The van der Waals surface area contributed by atoms with Crippen LogP contribution in [0.2, 0.25) is 0 Å². The Labute approximate surface area is 133 Å². The van der Waals surface area contributed by atoms with Gasteiger partial charge >= 0.3 is 0 Å². The van der Waals surface area contributed by atoms with Crippen molar-refractivity contribution in [2.24, 2.45) is 5.92 Å². The molecule has 0 radical (unpaired) electrons. The Hall–Kier alpha value is -1.48. The van der Waals surface area contributed by atoms with E-state index in [0.717, 1.165) is 17.3 Å². The van der Waals surface area contributed by atoms with E-state index in [4.69, 9.17) is 0 Å². The SMILES string of the molecule is CC(C)CCc1ccc(C(=O)c2ccc(F)cc2)c(Br)c1. The van der Waals surface area contributed by atoms with E-state index in [1.807, 2.05) is 18.2 Å². The van der Waals surface area contributed by atoms with Gasteiger partial charge in [0.1, 0.15) is 5.82 Å². The topological polar surface area (TPSA) is 17.1 Å². The highest BCUT2D eigenvalue weighted by Gasteiger charge is 2.13. The Morgan fingerprint density at radius 3 is 2.38 bits per heavy atom. The smallest absolute Gasteiger partial charge is 0.194 e. The summed E-state index contributed by atoms with van der Waals surface area (Å²) in [6, 6.07) is 11.5. The van der Waals surface area contributed by atoms with E-state index in [-0.39, 0.29) is 11.6 Å². The summed E-state index contributed by atoms with van der Waals surface area (Å²) in [7, 11) is 0. The van der Waals surface area contributed by atoms with Crippen molar-refractivity contribution in [3.63, 3.8) is 0 Å². The third kappa shape index (κ3) is 4.24. The fraction of sp³-hybridized carbons (Fsp3) is 0.278. The summed E-state index contributed by atoms with van der Waals surface area (Å²) in [4.78, 5) is 12.4. The molecule has 0 amide bonds. The number of hydrogen-bond donors (Lipinski definition) is 0. The second-order valence-corrected chi connectivity index (χ2v) is 6.44. The largest absolute Gasteiger partial charge is 0.289 e. The predicted octanol–water partition coefficient (Wildman–Crippen LogP) is 5.41. The zero-order valence-electron chi connectivity index (χ0n) is 12.2. The first-order valence-corrected chi connectivity index (χ1v) is 7.85. The average molecular weight is 349 g/mol. The highest BCUT2D eigenvalue weighted by atomic mass is 79.9. The third-order valence-electron chi connectivity index (χ3n) is 3.39. The molecule has 2 aromatic rings. The molecule has 0 aliphatic heterocycles. The molecule has 0 aliphatic rings. The monoisotopic (exact) mass is 348 g/mol. The molecule has 110 valence electrons. The van der Waals surface area contributed by atoms with Gasteiger partial charge in [-0.2, -0.15) is 0 Å². The molecule has 0 atom stereocenters. The Bertz CT molecular complexity index is 632. The molecule has 2 rings (SSSR count). The summed E-state index contributed by atoms with van der Waals surface area (Å²) in [6.07, 6.45) is 2.12. The van der Waals surface area contributed by atoms with Gasteiger partial charge in [-0.1, -0.05) is 35.8 Å². The predicted molar refractivity (Wildman–Crippen MR) is 87.1 cm³/mol. The fourth-order valence-corrected chi connectivity index (χ4v) is 2.72. The summed E-state index contributed by atoms with van der Waals surface area (Å²) in [6.45, 7) is 4.39. The second-order valence-electron chi connectivity index (χ2n) is 5.58. The summed E-state index contributed by atoms with van der Waals surface area (Å²) >= 11 is 3.47. The minimum absolute atomic E-state index is 0.0997. The van der Waals surface area contributed by atoms with Crippen LogP contribution in [0, 0.1) is 11.7 Å². The summed E-state index contributed by atoms with van der Waals surface area (Å²) < 4.78 is 13.7. The molecule has 21 heavy (non-hydrogen) atoms. The molecular formula is C18H18BrFO. The maximum Gasteiger partial charge on any atom is 0.194 e. The van der Waals surface area contributed by atoms with Crippen LogP contribution in [0.25, 0.3) is 0 Å². The Morgan fingerprint density at radius 1 is 1.14 bits per heavy atom. The molecule has 0 N–H and O–H groups in total. The molecule has 0 spiro atoms. The van der Waals surface area contributed by atoms with E-state index >= 15 is 0 Å². The lowest BCUT2D eigenvalue weighted by Crippen LogP contribution is -2.03. The van der Waals surface area contributed by atoms with Crippen LogP contribution in [0.3, 0.4) is 0 Å². The number of aryl methyl sites for hydroxylation is 1. The van der Waals surface area contributed by atoms with Gasteiger partial charge in [-0.3, -0.25) is 4.79 Å². The van der Waals surface area contributed by atoms with Gasteiger partial charge in [-0.15, -0.1) is 0 Å². The lowest BCUT2D eigenvalue weighted by atomic mass is 9.98. The van der Waals surface area contributed by atoms with Crippen molar-refractivity contribution in [3.05, 3.63) is 69.4 Å². The van der Waals surface area contributed by atoms with Crippen molar-refractivity contribution in [3.8, 4) is 0 Å². The van der Waals surface area contributed by atoms with Gasteiger partial charge in [0.2, 0.25) is 0 Å². The molecule has 0 fully saturated rings.